The molecule has 1 saturated heterocycles. The van der Waals surface area contributed by atoms with Crippen molar-refractivity contribution in [1.82, 2.24) is 5.32 Å². The number of hydrogen-bond donors (Lipinski definition) is 2. The Morgan fingerprint density at radius 1 is 1.57 bits per heavy atom. The van der Waals surface area contributed by atoms with E-state index in [1.807, 2.05) is 13.0 Å². The molecule has 1 aromatic rings. The van der Waals surface area contributed by atoms with Crippen LogP contribution in [-0.4, -0.2) is 22.4 Å². The second-order valence-corrected chi connectivity index (χ2v) is 6.16. The highest BCUT2D eigenvalue weighted by molar-refractivity contribution is 8.26. The zero-order chi connectivity index (χ0) is 15.6. The van der Waals surface area contributed by atoms with Gasteiger partial charge in [-0.15, -0.1) is 6.58 Å². The number of phenolic OH excluding ortho intramolecular Hbond substituents is 1. The number of hydrogen-bond acceptors (Lipinski definition) is 5. The molecule has 1 heterocycles. The smallest absolute Gasteiger partial charge is 0.263 e. The number of carbonyl (C=O) groups is 1. The molecule has 1 amide bonds. The number of nitrogens with one attached hydrogen (secondary N) is 1. The normalized spacial score (nSPS) is 16.7. The maximum atomic E-state index is 11.9. The van der Waals surface area contributed by atoms with Gasteiger partial charge in [0.1, 0.15) is 4.32 Å². The number of thiocarbonyl (C=S) groups is 1. The predicted molar refractivity (Wildman–Crippen MR) is 89.5 cm³/mol. The van der Waals surface area contributed by atoms with Crippen molar-refractivity contribution in [2.24, 2.45) is 0 Å². The van der Waals surface area contributed by atoms with E-state index in [0.29, 0.717) is 27.0 Å². The Morgan fingerprint density at radius 2 is 2.29 bits per heavy atom. The molecule has 0 atom stereocenters. The number of rotatable bonds is 4. The third-order valence-electron chi connectivity index (χ3n) is 3.13. The zero-order valence-corrected chi connectivity index (χ0v) is 13.4. The van der Waals surface area contributed by atoms with Gasteiger partial charge >= 0.3 is 0 Å². The minimum atomic E-state index is -0.195. The van der Waals surface area contributed by atoms with Gasteiger partial charge in [-0.05, 0) is 36.6 Å². The number of carbonyl (C=O) groups excluding carboxylic acids is 1. The van der Waals surface area contributed by atoms with Crippen LogP contribution in [0.3, 0.4) is 0 Å². The van der Waals surface area contributed by atoms with E-state index in [-0.39, 0.29) is 11.7 Å². The van der Waals surface area contributed by atoms with Crippen LogP contribution in [0.2, 0.25) is 0 Å². The molecule has 0 unspecified atom stereocenters. The number of ether oxygens (including phenoxy) is 1. The van der Waals surface area contributed by atoms with Crippen LogP contribution in [0.5, 0.6) is 11.5 Å². The average molecular weight is 321 g/mol. The highest BCUT2D eigenvalue weighted by Gasteiger charge is 2.25. The Bertz CT molecular complexity index is 665. The first-order valence-electron chi connectivity index (χ1n) is 6.23. The fourth-order valence-electron chi connectivity index (χ4n) is 2.04. The van der Waals surface area contributed by atoms with E-state index in [4.69, 9.17) is 17.0 Å². The monoisotopic (exact) mass is 321 g/mol. The van der Waals surface area contributed by atoms with Crippen LogP contribution in [0.15, 0.2) is 29.7 Å². The molecule has 4 nitrogen and oxygen atoms in total. The summed E-state index contributed by atoms with van der Waals surface area (Å²) in [7, 11) is 1.49. The summed E-state index contributed by atoms with van der Waals surface area (Å²) >= 11 is 6.24. The van der Waals surface area contributed by atoms with Crippen molar-refractivity contribution in [3.05, 3.63) is 40.8 Å². The molecular weight excluding hydrogens is 306 g/mol. The highest BCUT2D eigenvalue weighted by Crippen LogP contribution is 2.37. The molecule has 0 spiro atoms. The zero-order valence-electron chi connectivity index (χ0n) is 11.7. The van der Waals surface area contributed by atoms with Gasteiger partial charge in [-0.1, -0.05) is 30.1 Å². The van der Waals surface area contributed by atoms with Gasteiger partial charge < -0.3 is 15.2 Å². The molecule has 6 heteroatoms. The maximum Gasteiger partial charge on any atom is 0.263 e. The number of benzene rings is 1. The molecule has 2 N–H and O–H groups in total. The summed E-state index contributed by atoms with van der Waals surface area (Å²) in [6.07, 6.45) is 2.21. The van der Waals surface area contributed by atoms with Crippen molar-refractivity contribution < 1.29 is 14.6 Å². The van der Waals surface area contributed by atoms with E-state index in [0.717, 1.165) is 11.1 Å². The van der Waals surface area contributed by atoms with Crippen LogP contribution in [0, 0.1) is 0 Å². The first kappa shape index (κ1) is 15.6. The van der Waals surface area contributed by atoms with Crippen molar-refractivity contribution in [3.63, 3.8) is 0 Å². The number of thioether (sulfide) groups is 1. The quantitative estimate of drug-likeness (QED) is 0.507. The van der Waals surface area contributed by atoms with E-state index >= 15 is 0 Å². The van der Waals surface area contributed by atoms with Gasteiger partial charge in [0.25, 0.3) is 5.91 Å². The molecule has 1 aliphatic rings. The Labute approximate surface area is 132 Å². The molecule has 0 aromatic heterocycles. The molecular formula is C15H15NO3S2. The van der Waals surface area contributed by atoms with Gasteiger partial charge in [-0.3, -0.25) is 4.79 Å². The Morgan fingerprint density at radius 3 is 2.81 bits per heavy atom. The molecule has 0 saturated carbocycles. The van der Waals surface area contributed by atoms with E-state index in [2.05, 4.69) is 11.9 Å². The van der Waals surface area contributed by atoms with Crippen molar-refractivity contribution in [3.8, 4) is 11.5 Å². The highest BCUT2D eigenvalue weighted by atomic mass is 32.2. The Kier molecular flexibility index (Phi) is 4.69. The van der Waals surface area contributed by atoms with Crippen molar-refractivity contribution in [2.45, 2.75) is 13.3 Å². The van der Waals surface area contributed by atoms with E-state index < -0.39 is 0 Å². The summed E-state index contributed by atoms with van der Waals surface area (Å²) in [5.74, 6) is 0.271. The summed E-state index contributed by atoms with van der Waals surface area (Å²) in [6, 6.07) is 3.54. The second-order valence-electron chi connectivity index (χ2n) is 4.48. The fraction of sp³-hybridized carbons (Fsp3) is 0.200. The molecule has 21 heavy (non-hydrogen) atoms. The van der Waals surface area contributed by atoms with Crippen LogP contribution in [0.4, 0.5) is 0 Å². The first-order chi connectivity index (χ1) is 9.97. The number of aromatic hydroxyl groups is 1. The minimum Gasteiger partial charge on any atom is -0.504 e. The lowest BCUT2D eigenvalue weighted by Crippen LogP contribution is -2.18. The van der Waals surface area contributed by atoms with Crippen LogP contribution < -0.4 is 10.1 Å². The van der Waals surface area contributed by atoms with E-state index in [1.165, 1.54) is 18.9 Å². The Hall–Kier alpha value is -1.79. The molecule has 1 aromatic carbocycles. The topological polar surface area (TPSA) is 58.6 Å². The molecule has 0 aliphatic carbocycles. The molecule has 110 valence electrons. The number of phenols is 1. The number of methoxy groups -OCH3 is 1. The van der Waals surface area contributed by atoms with Crippen molar-refractivity contribution >= 4 is 39.8 Å². The van der Waals surface area contributed by atoms with Gasteiger partial charge in [-0.2, -0.15) is 0 Å². The fourth-order valence-corrected chi connectivity index (χ4v) is 3.13. The summed E-state index contributed by atoms with van der Waals surface area (Å²) < 4.78 is 5.64. The molecule has 1 fully saturated rings. The lowest BCUT2D eigenvalue weighted by atomic mass is 10.0. The maximum absolute atomic E-state index is 11.9. The molecule has 0 radical (unpaired) electrons. The van der Waals surface area contributed by atoms with Gasteiger partial charge in [0, 0.05) is 5.56 Å². The number of amides is 1. The summed E-state index contributed by atoms with van der Waals surface area (Å²) in [4.78, 5) is 12.4. The van der Waals surface area contributed by atoms with Gasteiger partial charge in [-0.25, -0.2) is 0 Å². The van der Waals surface area contributed by atoms with E-state index in [9.17, 15) is 9.90 Å². The molecule has 2 rings (SSSR count). The second kappa shape index (κ2) is 6.32. The van der Waals surface area contributed by atoms with Crippen LogP contribution in [0.1, 0.15) is 18.1 Å². The lowest BCUT2D eigenvalue weighted by molar-refractivity contribution is -0.115. The summed E-state index contributed by atoms with van der Waals surface area (Å²) in [6.45, 7) is 5.52. The van der Waals surface area contributed by atoms with Gasteiger partial charge in [0.2, 0.25) is 0 Å². The van der Waals surface area contributed by atoms with Crippen molar-refractivity contribution in [2.75, 3.05) is 7.11 Å². The van der Waals surface area contributed by atoms with Gasteiger partial charge in [0.05, 0.1) is 12.0 Å². The first-order valence-corrected chi connectivity index (χ1v) is 7.45. The van der Waals surface area contributed by atoms with Gasteiger partial charge in [0.15, 0.2) is 11.5 Å². The summed E-state index contributed by atoms with van der Waals surface area (Å²) in [5, 5.41) is 12.7. The van der Waals surface area contributed by atoms with Crippen LogP contribution in [-0.2, 0) is 11.2 Å². The minimum absolute atomic E-state index is 0.0954. The third-order valence-corrected chi connectivity index (χ3v) is 4.46. The predicted octanol–water partition coefficient (Wildman–Crippen LogP) is 3.01. The number of allylic oxidation sites excluding steroid dienone is 2. The molecule has 1 aliphatic heterocycles. The summed E-state index contributed by atoms with van der Waals surface area (Å²) in [5.41, 5.74) is 2.30. The third kappa shape index (κ3) is 3.11. The van der Waals surface area contributed by atoms with Crippen LogP contribution >= 0.6 is 24.0 Å². The standard InChI is InChI=1S/C15H15NO3S2/c1-4-5-9-6-10(7-11(19-3)12(9)17)8(2)13-14(18)16-15(20)21-13/h4,6-7,17H,1,5H2,2-3H3,(H,16,18,20)/b13-8-. The average Bonchev–Trinajstić information content (AvgIpc) is 2.79. The van der Waals surface area contributed by atoms with Crippen molar-refractivity contribution in [1.29, 1.82) is 0 Å². The largest absolute Gasteiger partial charge is 0.504 e. The molecule has 0 bridgehead atoms. The lowest BCUT2D eigenvalue weighted by Gasteiger charge is -2.12. The van der Waals surface area contributed by atoms with Crippen LogP contribution in [0.25, 0.3) is 5.57 Å². The Balaban J connectivity index is 2.56. The van der Waals surface area contributed by atoms with E-state index in [1.54, 1.807) is 12.1 Å². The SMILES string of the molecule is C=CCc1cc(/C(C)=C2\SC(=S)NC2=O)cc(OC)c1O.